The Hall–Kier alpha value is -2.56. The SMILES string of the molecule is COC(=O)c1c(-c2ccc(Cl)cc2)c(-c2ccccc2)c2n1CC(C)(C)C2OC. The van der Waals surface area contributed by atoms with Crippen LogP contribution in [-0.4, -0.2) is 24.8 Å². The fraction of sp³-hybridized carbons (Fsp3) is 0.292. The number of nitrogens with zero attached hydrogens (tertiary/aromatic N) is 1. The zero-order chi connectivity index (χ0) is 20.8. The lowest BCUT2D eigenvalue weighted by molar-refractivity contribution is 0.0184. The molecule has 150 valence electrons. The molecule has 4 nitrogen and oxygen atoms in total. The largest absolute Gasteiger partial charge is 0.464 e. The second kappa shape index (κ2) is 7.36. The van der Waals surface area contributed by atoms with Gasteiger partial charge in [0.1, 0.15) is 11.8 Å². The molecule has 1 aromatic heterocycles. The van der Waals surface area contributed by atoms with Crippen molar-refractivity contribution in [3.8, 4) is 22.3 Å². The highest BCUT2D eigenvalue weighted by Gasteiger charge is 2.46. The maximum Gasteiger partial charge on any atom is 0.355 e. The van der Waals surface area contributed by atoms with Gasteiger partial charge in [-0.3, -0.25) is 0 Å². The van der Waals surface area contributed by atoms with Crippen LogP contribution in [0.2, 0.25) is 5.02 Å². The molecule has 1 aliphatic heterocycles. The average molecular weight is 410 g/mol. The van der Waals surface area contributed by atoms with Crippen molar-refractivity contribution >= 4 is 17.6 Å². The summed E-state index contributed by atoms with van der Waals surface area (Å²) in [5, 5.41) is 0.650. The van der Waals surface area contributed by atoms with E-state index in [1.54, 1.807) is 7.11 Å². The highest BCUT2D eigenvalue weighted by molar-refractivity contribution is 6.30. The molecule has 1 aliphatic rings. The lowest BCUT2D eigenvalue weighted by atomic mass is 9.84. The van der Waals surface area contributed by atoms with Gasteiger partial charge in [0.25, 0.3) is 0 Å². The lowest BCUT2D eigenvalue weighted by Gasteiger charge is -2.26. The van der Waals surface area contributed by atoms with Crippen molar-refractivity contribution in [2.24, 2.45) is 5.41 Å². The molecule has 4 rings (SSSR count). The Morgan fingerprint density at radius 2 is 1.62 bits per heavy atom. The van der Waals surface area contributed by atoms with E-state index in [1.807, 2.05) is 42.5 Å². The quantitative estimate of drug-likeness (QED) is 0.497. The number of ether oxygens (including phenoxy) is 2. The van der Waals surface area contributed by atoms with Gasteiger partial charge in [-0.15, -0.1) is 0 Å². The second-order valence-corrected chi connectivity index (χ2v) is 8.48. The van der Waals surface area contributed by atoms with Crippen LogP contribution < -0.4 is 0 Å². The van der Waals surface area contributed by atoms with E-state index in [1.165, 1.54) is 7.11 Å². The molecule has 0 fully saturated rings. The van der Waals surface area contributed by atoms with Crippen molar-refractivity contribution in [1.82, 2.24) is 4.57 Å². The standard InChI is InChI=1S/C24H24ClNO3/c1-24(2)14-26-20(22(24)28-3)18(15-8-6-5-7-9-15)19(21(26)23(27)29-4)16-10-12-17(25)13-11-16/h5-13,22H,14H2,1-4H3. The first kappa shape index (κ1) is 19.7. The summed E-state index contributed by atoms with van der Waals surface area (Å²) in [4.78, 5) is 13.0. The molecule has 29 heavy (non-hydrogen) atoms. The van der Waals surface area contributed by atoms with Crippen molar-refractivity contribution in [3.63, 3.8) is 0 Å². The summed E-state index contributed by atoms with van der Waals surface area (Å²) < 4.78 is 13.2. The normalized spacial score (nSPS) is 17.2. The monoisotopic (exact) mass is 409 g/mol. The molecule has 0 N–H and O–H groups in total. The molecule has 0 saturated heterocycles. The molecule has 1 atom stereocenters. The molecule has 0 amide bonds. The molecule has 0 bridgehead atoms. The summed E-state index contributed by atoms with van der Waals surface area (Å²) in [5.74, 6) is -0.356. The van der Waals surface area contributed by atoms with Gasteiger partial charge in [-0.25, -0.2) is 4.79 Å². The number of aromatic nitrogens is 1. The number of carbonyl (C=O) groups is 1. The van der Waals surface area contributed by atoms with Crippen LogP contribution in [-0.2, 0) is 16.0 Å². The van der Waals surface area contributed by atoms with E-state index in [9.17, 15) is 4.79 Å². The van der Waals surface area contributed by atoms with E-state index in [-0.39, 0.29) is 17.5 Å². The van der Waals surface area contributed by atoms with Crippen LogP contribution in [0.25, 0.3) is 22.3 Å². The predicted octanol–water partition coefficient (Wildman–Crippen LogP) is 5.99. The molecule has 0 radical (unpaired) electrons. The Labute approximate surface area is 176 Å². The first-order valence-corrected chi connectivity index (χ1v) is 9.95. The molecule has 2 aromatic carbocycles. The zero-order valence-electron chi connectivity index (χ0n) is 17.0. The number of methoxy groups -OCH3 is 2. The molecular formula is C24H24ClNO3. The minimum Gasteiger partial charge on any atom is -0.464 e. The fourth-order valence-corrected chi connectivity index (χ4v) is 4.59. The molecule has 0 aliphatic carbocycles. The second-order valence-electron chi connectivity index (χ2n) is 8.04. The van der Waals surface area contributed by atoms with Gasteiger partial charge in [0.2, 0.25) is 0 Å². The predicted molar refractivity (Wildman–Crippen MR) is 115 cm³/mol. The number of halogens is 1. The Kier molecular flexibility index (Phi) is 5.01. The van der Waals surface area contributed by atoms with Gasteiger partial charge in [-0.1, -0.05) is 67.9 Å². The van der Waals surface area contributed by atoms with E-state index in [4.69, 9.17) is 21.1 Å². The summed E-state index contributed by atoms with van der Waals surface area (Å²) in [6, 6.07) is 17.7. The van der Waals surface area contributed by atoms with E-state index < -0.39 is 0 Å². The minimum absolute atomic E-state index is 0.151. The highest BCUT2D eigenvalue weighted by Crippen LogP contribution is 2.53. The maximum atomic E-state index is 13.0. The number of carbonyl (C=O) groups excluding carboxylic acids is 1. The lowest BCUT2D eigenvalue weighted by Crippen LogP contribution is -2.21. The number of esters is 1. The number of fused-ring (bicyclic) bond motifs is 1. The molecule has 3 aromatic rings. The Morgan fingerprint density at radius 3 is 2.21 bits per heavy atom. The van der Waals surface area contributed by atoms with Crippen LogP contribution >= 0.6 is 11.6 Å². The summed E-state index contributed by atoms with van der Waals surface area (Å²) in [7, 11) is 3.15. The van der Waals surface area contributed by atoms with Crippen LogP contribution in [0.4, 0.5) is 0 Å². The molecule has 0 spiro atoms. The first-order chi connectivity index (χ1) is 13.9. The number of benzene rings is 2. The van der Waals surface area contributed by atoms with E-state index in [0.29, 0.717) is 17.3 Å². The van der Waals surface area contributed by atoms with Crippen molar-refractivity contribution in [2.45, 2.75) is 26.5 Å². The molecule has 5 heteroatoms. The van der Waals surface area contributed by atoms with Crippen LogP contribution in [0.5, 0.6) is 0 Å². The van der Waals surface area contributed by atoms with Crippen LogP contribution in [0.1, 0.15) is 36.1 Å². The van der Waals surface area contributed by atoms with Crippen LogP contribution in [0, 0.1) is 5.41 Å². The van der Waals surface area contributed by atoms with Crippen molar-refractivity contribution in [3.05, 3.63) is 71.0 Å². The van der Waals surface area contributed by atoms with Gasteiger partial charge < -0.3 is 14.0 Å². The van der Waals surface area contributed by atoms with Gasteiger partial charge in [0.05, 0.1) is 12.8 Å². The zero-order valence-corrected chi connectivity index (χ0v) is 17.8. The van der Waals surface area contributed by atoms with Gasteiger partial charge in [0, 0.05) is 35.2 Å². The van der Waals surface area contributed by atoms with Gasteiger partial charge in [-0.2, -0.15) is 0 Å². The third-order valence-corrected chi connectivity index (χ3v) is 5.89. The molecule has 0 saturated carbocycles. The Bertz CT molecular complexity index is 1050. The highest BCUT2D eigenvalue weighted by atomic mass is 35.5. The molecular weight excluding hydrogens is 386 g/mol. The summed E-state index contributed by atoms with van der Waals surface area (Å²) in [5.41, 5.74) is 5.22. The smallest absolute Gasteiger partial charge is 0.355 e. The number of hydrogen-bond donors (Lipinski definition) is 0. The van der Waals surface area contributed by atoms with Crippen molar-refractivity contribution < 1.29 is 14.3 Å². The van der Waals surface area contributed by atoms with Gasteiger partial charge >= 0.3 is 5.97 Å². The van der Waals surface area contributed by atoms with E-state index in [2.05, 4.69) is 30.5 Å². The first-order valence-electron chi connectivity index (χ1n) is 9.58. The van der Waals surface area contributed by atoms with Gasteiger partial charge in [-0.05, 0) is 23.3 Å². The van der Waals surface area contributed by atoms with Crippen LogP contribution in [0.15, 0.2) is 54.6 Å². The summed E-state index contributed by atoms with van der Waals surface area (Å²) in [6.45, 7) is 4.98. The van der Waals surface area contributed by atoms with E-state index in [0.717, 1.165) is 27.9 Å². The minimum atomic E-state index is -0.356. The van der Waals surface area contributed by atoms with Crippen LogP contribution in [0.3, 0.4) is 0 Å². The molecule has 1 unspecified atom stereocenters. The molecule has 2 heterocycles. The summed E-state index contributed by atoms with van der Waals surface area (Å²) >= 11 is 6.13. The van der Waals surface area contributed by atoms with Gasteiger partial charge in [0.15, 0.2) is 0 Å². The number of rotatable bonds is 4. The summed E-state index contributed by atoms with van der Waals surface area (Å²) in [6.07, 6.45) is -0.151. The number of hydrogen-bond acceptors (Lipinski definition) is 3. The van der Waals surface area contributed by atoms with E-state index >= 15 is 0 Å². The van der Waals surface area contributed by atoms with Crippen molar-refractivity contribution in [2.75, 3.05) is 14.2 Å². The van der Waals surface area contributed by atoms with Crippen molar-refractivity contribution in [1.29, 1.82) is 0 Å². The topological polar surface area (TPSA) is 40.5 Å². The average Bonchev–Trinajstić information content (AvgIpc) is 3.16. The Balaban J connectivity index is 2.12. The maximum absolute atomic E-state index is 13.0. The third-order valence-electron chi connectivity index (χ3n) is 5.64. The third kappa shape index (κ3) is 3.17. The fourth-order valence-electron chi connectivity index (χ4n) is 4.47. The Morgan fingerprint density at radius 1 is 1.00 bits per heavy atom.